The van der Waals surface area contributed by atoms with Gasteiger partial charge in [0.2, 0.25) is 0 Å². The predicted molar refractivity (Wildman–Crippen MR) is 74.5 cm³/mol. The second kappa shape index (κ2) is 4.60. The maximum atomic E-state index is 9.90. The fourth-order valence-electron chi connectivity index (χ4n) is 2.52. The molecule has 1 aromatic rings. The van der Waals surface area contributed by atoms with Crippen molar-refractivity contribution in [1.29, 1.82) is 0 Å². The number of aliphatic hydroxyl groups is 1. The van der Waals surface area contributed by atoms with Gasteiger partial charge in [0.15, 0.2) is 0 Å². The van der Waals surface area contributed by atoms with Crippen LogP contribution in [0.2, 0.25) is 0 Å². The summed E-state index contributed by atoms with van der Waals surface area (Å²) in [5.74, 6) is 0.349. The summed E-state index contributed by atoms with van der Waals surface area (Å²) >= 11 is 5.97. The van der Waals surface area contributed by atoms with E-state index in [0.29, 0.717) is 11.6 Å². The van der Waals surface area contributed by atoms with Crippen molar-refractivity contribution in [2.24, 2.45) is 5.92 Å². The Kier molecular flexibility index (Phi) is 3.53. The van der Waals surface area contributed by atoms with Crippen LogP contribution in [0.25, 0.3) is 0 Å². The smallest absolute Gasteiger partial charge is 0.0575 e. The Morgan fingerprint density at radius 1 is 1.25 bits per heavy atom. The fraction of sp³-hybridized carbons (Fsp3) is 0.538. The molecule has 16 heavy (non-hydrogen) atoms. The average molecular weight is 254 g/mol. The highest BCUT2D eigenvalue weighted by atomic mass is 32.4. The van der Waals surface area contributed by atoms with Gasteiger partial charge in [-0.2, -0.15) is 0 Å². The number of hydrogen-bond acceptors (Lipinski definition) is 2. The Morgan fingerprint density at radius 3 is 2.50 bits per heavy atom. The molecule has 1 saturated heterocycles. The first-order valence-electron chi connectivity index (χ1n) is 5.86. The van der Waals surface area contributed by atoms with Crippen molar-refractivity contribution >= 4 is 23.1 Å². The molecule has 1 fully saturated rings. The highest BCUT2D eigenvalue weighted by Crippen LogP contribution is 2.56. The minimum Gasteiger partial charge on any atom is -0.393 e. The molecule has 88 valence electrons. The lowest BCUT2D eigenvalue weighted by Crippen LogP contribution is -2.35. The summed E-state index contributed by atoms with van der Waals surface area (Å²) in [5.41, 5.74) is 0.469. The number of aliphatic hydroxyl groups excluding tert-OH is 1. The fourth-order valence-corrected chi connectivity index (χ4v) is 7.26. The standard InChI is InChI=1S/C13H19OPS/c1-10-9-15(16,11(2)8-13(10)14)12-6-4-3-5-7-12/h3-7,10-11,13-14H,8-9H2,1-2H3/t10-,11-,13+,15+/m1/s1. The molecule has 4 atom stereocenters. The second-order valence-corrected chi connectivity index (χ2v) is 10.3. The monoisotopic (exact) mass is 254 g/mol. The molecule has 0 amide bonds. The molecule has 1 nitrogen and oxygen atoms in total. The van der Waals surface area contributed by atoms with Gasteiger partial charge >= 0.3 is 0 Å². The molecule has 1 aliphatic heterocycles. The third-order valence-corrected chi connectivity index (χ3v) is 9.79. The van der Waals surface area contributed by atoms with Crippen LogP contribution in [-0.2, 0) is 11.8 Å². The summed E-state index contributed by atoms with van der Waals surface area (Å²) in [7, 11) is 0. The van der Waals surface area contributed by atoms with Crippen molar-refractivity contribution in [3.05, 3.63) is 30.3 Å². The highest BCUT2D eigenvalue weighted by Gasteiger charge is 2.37. The Balaban J connectivity index is 2.35. The van der Waals surface area contributed by atoms with Crippen LogP contribution < -0.4 is 5.30 Å². The van der Waals surface area contributed by atoms with Gasteiger partial charge in [0.05, 0.1) is 6.10 Å². The number of hydrogen-bond donors (Lipinski definition) is 1. The summed E-state index contributed by atoms with van der Waals surface area (Å²) in [5, 5.41) is 11.2. The number of benzene rings is 1. The van der Waals surface area contributed by atoms with E-state index in [1.54, 1.807) is 0 Å². The normalized spacial score (nSPS) is 39.6. The SMILES string of the molecule is C[C@@H]1C[P@@](=S)(c2ccccc2)[C@H](C)C[C@@H]1O. The van der Waals surface area contributed by atoms with Crippen LogP contribution in [0.4, 0.5) is 0 Å². The van der Waals surface area contributed by atoms with Gasteiger partial charge in [-0.1, -0.05) is 56.0 Å². The summed E-state index contributed by atoms with van der Waals surface area (Å²) in [6.45, 7) is 4.34. The Morgan fingerprint density at radius 2 is 1.88 bits per heavy atom. The van der Waals surface area contributed by atoms with Crippen molar-refractivity contribution in [2.45, 2.75) is 32.0 Å². The van der Waals surface area contributed by atoms with E-state index >= 15 is 0 Å². The van der Waals surface area contributed by atoms with Crippen molar-refractivity contribution in [2.75, 3.05) is 6.16 Å². The lowest BCUT2D eigenvalue weighted by molar-refractivity contribution is 0.112. The molecule has 1 aliphatic rings. The van der Waals surface area contributed by atoms with E-state index in [2.05, 4.69) is 38.1 Å². The lowest BCUT2D eigenvalue weighted by atomic mass is 10.0. The van der Waals surface area contributed by atoms with Gasteiger partial charge in [-0.15, -0.1) is 0 Å². The van der Waals surface area contributed by atoms with Gasteiger partial charge in [0, 0.05) is 0 Å². The molecule has 1 N–H and O–H groups in total. The molecule has 0 saturated carbocycles. The van der Waals surface area contributed by atoms with Gasteiger partial charge in [0.1, 0.15) is 0 Å². The van der Waals surface area contributed by atoms with Crippen molar-refractivity contribution < 1.29 is 5.11 Å². The largest absolute Gasteiger partial charge is 0.393 e. The van der Waals surface area contributed by atoms with Crippen LogP contribution in [0.15, 0.2) is 30.3 Å². The Bertz CT molecular complexity index is 404. The first kappa shape index (κ1) is 12.3. The van der Waals surface area contributed by atoms with Crippen molar-refractivity contribution in [3.8, 4) is 0 Å². The third kappa shape index (κ3) is 2.11. The van der Waals surface area contributed by atoms with E-state index in [-0.39, 0.29) is 6.10 Å². The van der Waals surface area contributed by atoms with Crippen LogP contribution in [0.5, 0.6) is 0 Å². The van der Waals surface area contributed by atoms with Crippen molar-refractivity contribution in [3.63, 3.8) is 0 Å². The first-order valence-corrected chi connectivity index (χ1v) is 8.92. The van der Waals surface area contributed by atoms with Gasteiger partial charge < -0.3 is 5.11 Å². The molecule has 0 radical (unpaired) electrons. The van der Waals surface area contributed by atoms with Gasteiger partial charge in [-0.25, -0.2) is 0 Å². The zero-order valence-electron chi connectivity index (χ0n) is 9.84. The molecule has 0 bridgehead atoms. The van der Waals surface area contributed by atoms with Gasteiger partial charge in [-0.05, 0) is 35.5 Å². The zero-order valence-corrected chi connectivity index (χ0v) is 11.5. The summed E-state index contributed by atoms with van der Waals surface area (Å²) in [6, 6.07) is 9.05. The maximum absolute atomic E-state index is 9.90. The lowest BCUT2D eigenvalue weighted by Gasteiger charge is -2.39. The predicted octanol–water partition coefficient (Wildman–Crippen LogP) is 2.58. The third-order valence-electron chi connectivity index (χ3n) is 3.70. The van der Waals surface area contributed by atoms with Crippen molar-refractivity contribution in [1.82, 2.24) is 0 Å². The quantitative estimate of drug-likeness (QED) is 0.777. The molecular formula is C13H19OPS. The van der Waals surface area contributed by atoms with Gasteiger partial charge in [0.25, 0.3) is 0 Å². The van der Waals surface area contributed by atoms with E-state index in [0.717, 1.165) is 12.6 Å². The maximum Gasteiger partial charge on any atom is 0.0575 e. The van der Waals surface area contributed by atoms with E-state index in [9.17, 15) is 5.11 Å². The molecule has 2 rings (SSSR count). The topological polar surface area (TPSA) is 20.2 Å². The Hall–Kier alpha value is -0.170. The van der Waals surface area contributed by atoms with Crippen LogP contribution in [0.3, 0.4) is 0 Å². The van der Waals surface area contributed by atoms with Crippen LogP contribution in [0.1, 0.15) is 20.3 Å². The van der Waals surface area contributed by atoms with E-state index in [1.807, 2.05) is 6.07 Å². The molecule has 0 unspecified atom stereocenters. The zero-order chi connectivity index (χ0) is 11.8. The van der Waals surface area contributed by atoms with E-state index in [4.69, 9.17) is 11.8 Å². The van der Waals surface area contributed by atoms with Crippen LogP contribution >= 0.6 is 6.04 Å². The van der Waals surface area contributed by atoms with E-state index < -0.39 is 6.04 Å². The summed E-state index contributed by atoms with van der Waals surface area (Å²) in [6.07, 6.45) is 1.72. The molecule has 1 heterocycles. The molecule has 3 heteroatoms. The highest BCUT2D eigenvalue weighted by molar-refractivity contribution is 8.18. The van der Waals surface area contributed by atoms with Crippen LogP contribution in [-0.4, -0.2) is 23.0 Å². The molecular weight excluding hydrogens is 235 g/mol. The second-order valence-electron chi connectivity index (χ2n) is 4.94. The Labute approximate surface area is 103 Å². The summed E-state index contributed by atoms with van der Waals surface area (Å²) in [4.78, 5) is 0. The molecule has 0 aromatic heterocycles. The molecule has 1 aromatic carbocycles. The first-order chi connectivity index (χ1) is 7.54. The average Bonchev–Trinajstić information content (AvgIpc) is 2.28. The minimum absolute atomic E-state index is 0.158. The molecule has 0 aliphatic carbocycles. The minimum atomic E-state index is -1.48. The summed E-state index contributed by atoms with van der Waals surface area (Å²) < 4.78 is 0. The number of rotatable bonds is 1. The van der Waals surface area contributed by atoms with Crippen LogP contribution in [0, 0.1) is 5.92 Å². The van der Waals surface area contributed by atoms with E-state index in [1.165, 1.54) is 5.30 Å². The van der Waals surface area contributed by atoms with Gasteiger partial charge in [-0.3, -0.25) is 0 Å². The molecule has 0 spiro atoms.